The van der Waals surface area contributed by atoms with Crippen LogP contribution in [-0.4, -0.2) is 64.6 Å². The van der Waals surface area contributed by atoms with Crippen LogP contribution in [-0.2, 0) is 16.0 Å². The van der Waals surface area contributed by atoms with Crippen LogP contribution in [0.25, 0.3) is 10.9 Å². The molecule has 30 heavy (non-hydrogen) atoms. The topological polar surface area (TPSA) is 76.9 Å². The Morgan fingerprint density at radius 3 is 2.40 bits per heavy atom. The lowest BCUT2D eigenvalue weighted by molar-refractivity contribution is 0.0123. The van der Waals surface area contributed by atoms with E-state index in [1.807, 2.05) is 49.5 Å². The maximum Gasteiger partial charge on any atom is 0.410 e. The van der Waals surface area contributed by atoms with Crippen LogP contribution in [0.3, 0.4) is 0 Å². The molecule has 2 atom stereocenters. The number of aryl methyl sites for hydroxylation is 1. The maximum atomic E-state index is 12.7. The molecule has 2 aliphatic heterocycles. The van der Waals surface area contributed by atoms with E-state index in [1.54, 1.807) is 6.07 Å². The molecule has 1 aromatic carbocycles. The molecule has 2 aromatic rings. The molecule has 2 aliphatic rings. The lowest BCUT2D eigenvalue weighted by Crippen LogP contribution is -2.56. The summed E-state index contributed by atoms with van der Waals surface area (Å²) < 4.78 is 12.4. The standard InChI is InChI=1S/C22H30N4O4/c1-6-25-13-17-18(10-9-16(19(17)23-25)20(27)29-5)24-11-14-7-8-15(12-24)26(14)21(28)30-22(2,3)4/h9-10,13-15H,6-8,11-12H2,1-5H3/t14-,15+. The number of ether oxygens (including phenoxy) is 2. The van der Waals surface area contributed by atoms with Crippen LogP contribution < -0.4 is 4.90 Å². The Morgan fingerprint density at radius 1 is 1.17 bits per heavy atom. The van der Waals surface area contributed by atoms with Gasteiger partial charge in [-0.25, -0.2) is 9.59 Å². The minimum atomic E-state index is -0.502. The van der Waals surface area contributed by atoms with Gasteiger partial charge in [0, 0.05) is 36.9 Å². The molecule has 2 bridgehead atoms. The highest BCUT2D eigenvalue weighted by molar-refractivity contribution is 6.06. The summed E-state index contributed by atoms with van der Waals surface area (Å²) in [5.74, 6) is -0.386. The van der Waals surface area contributed by atoms with Gasteiger partial charge in [-0.2, -0.15) is 5.10 Å². The first-order valence-corrected chi connectivity index (χ1v) is 10.6. The minimum absolute atomic E-state index is 0.121. The smallest absolute Gasteiger partial charge is 0.410 e. The third-order valence-corrected chi connectivity index (χ3v) is 5.86. The van der Waals surface area contributed by atoms with Crippen molar-refractivity contribution in [1.82, 2.24) is 14.7 Å². The van der Waals surface area contributed by atoms with Crippen molar-refractivity contribution in [2.75, 3.05) is 25.1 Å². The van der Waals surface area contributed by atoms with Gasteiger partial charge in [0.25, 0.3) is 0 Å². The number of benzene rings is 1. The monoisotopic (exact) mass is 414 g/mol. The number of methoxy groups -OCH3 is 1. The summed E-state index contributed by atoms with van der Waals surface area (Å²) in [5.41, 5.74) is 1.66. The quantitative estimate of drug-likeness (QED) is 0.716. The van der Waals surface area contributed by atoms with Crippen LogP contribution in [0, 0.1) is 0 Å². The van der Waals surface area contributed by atoms with Crippen molar-refractivity contribution >= 4 is 28.7 Å². The summed E-state index contributed by atoms with van der Waals surface area (Å²) in [5, 5.41) is 5.53. The molecule has 2 saturated heterocycles. The zero-order chi connectivity index (χ0) is 21.6. The van der Waals surface area contributed by atoms with Gasteiger partial charge in [-0.1, -0.05) is 0 Å². The Hall–Kier alpha value is -2.77. The third kappa shape index (κ3) is 3.59. The lowest BCUT2D eigenvalue weighted by Gasteiger charge is -2.42. The molecule has 4 rings (SSSR count). The predicted molar refractivity (Wildman–Crippen MR) is 114 cm³/mol. The van der Waals surface area contributed by atoms with Crippen LogP contribution >= 0.6 is 0 Å². The molecule has 1 aromatic heterocycles. The number of esters is 1. The van der Waals surface area contributed by atoms with Gasteiger partial charge in [0.1, 0.15) is 11.1 Å². The van der Waals surface area contributed by atoms with Gasteiger partial charge in [0.05, 0.1) is 24.8 Å². The van der Waals surface area contributed by atoms with E-state index in [1.165, 1.54) is 7.11 Å². The molecule has 2 fully saturated rings. The van der Waals surface area contributed by atoms with Gasteiger partial charge < -0.3 is 14.4 Å². The number of nitrogens with zero attached hydrogens (tertiary/aromatic N) is 4. The van der Waals surface area contributed by atoms with E-state index < -0.39 is 5.60 Å². The van der Waals surface area contributed by atoms with Crippen molar-refractivity contribution in [2.24, 2.45) is 0 Å². The SMILES string of the molecule is CCn1cc2c(N3C[C@H]4CC[C@@H](C3)N4C(=O)OC(C)(C)C)ccc(C(=O)OC)c2n1. The van der Waals surface area contributed by atoms with Gasteiger partial charge in [-0.3, -0.25) is 9.58 Å². The molecular weight excluding hydrogens is 384 g/mol. The summed E-state index contributed by atoms with van der Waals surface area (Å²) in [6, 6.07) is 4.00. The Kier molecular flexibility index (Phi) is 5.11. The molecule has 8 nitrogen and oxygen atoms in total. The number of aromatic nitrogens is 2. The molecule has 0 radical (unpaired) electrons. The molecular formula is C22H30N4O4. The number of fused-ring (bicyclic) bond motifs is 3. The molecule has 8 heteroatoms. The summed E-state index contributed by atoms with van der Waals surface area (Å²) in [6.45, 7) is 9.89. The first-order valence-electron chi connectivity index (χ1n) is 10.6. The molecule has 0 saturated carbocycles. The van der Waals surface area contributed by atoms with Crippen molar-refractivity contribution in [2.45, 2.75) is 64.8 Å². The minimum Gasteiger partial charge on any atom is -0.465 e. The zero-order valence-electron chi connectivity index (χ0n) is 18.3. The Bertz CT molecular complexity index is 963. The van der Waals surface area contributed by atoms with Crippen molar-refractivity contribution in [1.29, 1.82) is 0 Å². The Balaban J connectivity index is 1.64. The van der Waals surface area contributed by atoms with Crippen molar-refractivity contribution in [3.63, 3.8) is 0 Å². The Morgan fingerprint density at radius 2 is 1.83 bits per heavy atom. The average molecular weight is 415 g/mol. The normalized spacial score (nSPS) is 21.2. The number of hydrogen-bond acceptors (Lipinski definition) is 6. The van der Waals surface area contributed by atoms with E-state index in [9.17, 15) is 9.59 Å². The van der Waals surface area contributed by atoms with E-state index >= 15 is 0 Å². The van der Waals surface area contributed by atoms with E-state index in [0.717, 1.165) is 37.0 Å². The fourth-order valence-electron chi connectivity index (χ4n) is 4.56. The fourth-order valence-corrected chi connectivity index (χ4v) is 4.56. The maximum absolute atomic E-state index is 12.7. The highest BCUT2D eigenvalue weighted by Gasteiger charge is 2.44. The summed E-state index contributed by atoms with van der Waals surface area (Å²) >= 11 is 0. The van der Waals surface area contributed by atoms with Gasteiger partial charge in [0.2, 0.25) is 0 Å². The number of anilines is 1. The first-order chi connectivity index (χ1) is 14.2. The van der Waals surface area contributed by atoms with Crippen LogP contribution in [0.2, 0.25) is 0 Å². The van der Waals surface area contributed by atoms with Gasteiger partial charge >= 0.3 is 12.1 Å². The van der Waals surface area contributed by atoms with Crippen LogP contribution in [0.15, 0.2) is 18.3 Å². The average Bonchev–Trinajstić information content (AvgIpc) is 3.24. The Labute approximate surface area is 176 Å². The number of carbonyl (C=O) groups is 2. The molecule has 0 aliphatic carbocycles. The van der Waals surface area contributed by atoms with E-state index in [-0.39, 0.29) is 24.1 Å². The van der Waals surface area contributed by atoms with Crippen molar-refractivity contribution in [3.05, 3.63) is 23.9 Å². The second-order valence-electron chi connectivity index (χ2n) is 9.05. The van der Waals surface area contributed by atoms with E-state index in [0.29, 0.717) is 17.6 Å². The van der Waals surface area contributed by atoms with Gasteiger partial charge in [-0.15, -0.1) is 0 Å². The summed E-state index contributed by atoms with van der Waals surface area (Å²) in [7, 11) is 1.38. The number of rotatable bonds is 3. The van der Waals surface area contributed by atoms with Crippen molar-refractivity contribution in [3.8, 4) is 0 Å². The number of hydrogen-bond donors (Lipinski definition) is 0. The summed E-state index contributed by atoms with van der Waals surface area (Å²) in [6.07, 6.45) is 3.70. The second kappa shape index (κ2) is 7.49. The molecule has 0 spiro atoms. The predicted octanol–water partition coefficient (Wildman–Crippen LogP) is 3.43. The molecule has 162 valence electrons. The lowest BCUT2D eigenvalue weighted by atomic mass is 10.1. The number of amides is 1. The zero-order valence-corrected chi connectivity index (χ0v) is 18.3. The summed E-state index contributed by atoms with van der Waals surface area (Å²) in [4.78, 5) is 29.2. The third-order valence-electron chi connectivity index (χ3n) is 5.86. The van der Waals surface area contributed by atoms with Crippen LogP contribution in [0.4, 0.5) is 10.5 Å². The first kappa shape index (κ1) is 20.5. The highest BCUT2D eigenvalue weighted by Crippen LogP contribution is 2.37. The largest absolute Gasteiger partial charge is 0.465 e. The molecule has 1 amide bonds. The number of piperazine rings is 1. The number of carbonyl (C=O) groups excluding carboxylic acids is 2. The van der Waals surface area contributed by atoms with Gasteiger partial charge in [0.15, 0.2) is 0 Å². The van der Waals surface area contributed by atoms with Crippen LogP contribution in [0.1, 0.15) is 50.9 Å². The van der Waals surface area contributed by atoms with Crippen LogP contribution in [0.5, 0.6) is 0 Å². The molecule has 0 unspecified atom stereocenters. The molecule has 0 N–H and O–H groups in total. The van der Waals surface area contributed by atoms with Crippen molar-refractivity contribution < 1.29 is 19.1 Å². The molecule has 3 heterocycles. The van der Waals surface area contributed by atoms with E-state index in [2.05, 4.69) is 10.00 Å². The highest BCUT2D eigenvalue weighted by atomic mass is 16.6. The van der Waals surface area contributed by atoms with Gasteiger partial charge in [-0.05, 0) is 52.7 Å². The fraction of sp³-hybridized carbons (Fsp3) is 0.591. The van der Waals surface area contributed by atoms with E-state index in [4.69, 9.17) is 9.47 Å². The second-order valence-corrected chi connectivity index (χ2v) is 9.05.